The van der Waals surface area contributed by atoms with Crippen LogP contribution in [0.5, 0.6) is 0 Å². The minimum absolute atomic E-state index is 0. The lowest BCUT2D eigenvalue weighted by molar-refractivity contribution is -0.131. The van der Waals surface area contributed by atoms with E-state index in [9.17, 15) is 4.79 Å². The third-order valence-corrected chi connectivity index (χ3v) is 4.01. The summed E-state index contributed by atoms with van der Waals surface area (Å²) in [6.45, 7) is 4.51. The van der Waals surface area contributed by atoms with Crippen LogP contribution in [-0.4, -0.2) is 25.5 Å². The van der Waals surface area contributed by atoms with E-state index in [1.54, 1.807) is 0 Å². The maximum atomic E-state index is 12.2. The number of carbonyl (C=O) groups excluding carboxylic acids is 1. The topological polar surface area (TPSA) is 41.1 Å². The normalized spacial score (nSPS) is 21.9. The van der Waals surface area contributed by atoms with Crippen molar-refractivity contribution in [3.05, 3.63) is 34.9 Å². The van der Waals surface area contributed by atoms with E-state index < -0.39 is 0 Å². The fraction of sp³-hybridized carbons (Fsp3) is 0.533. The Hall–Kier alpha value is -0.770. The second kappa shape index (κ2) is 7.87. The highest BCUT2D eigenvalue weighted by molar-refractivity contribution is 6.30. The van der Waals surface area contributed by atoms with Crippen molar-refractivity contribution in [3.63, 3.8) is 0 Å². The highest BCUT2D eigenvalue weighted by Gasteiger charge is 2.34. The van der Waals surface area contributed by atoms with E-state index in [0.717, 1.165) is 37.4 Å². The van der Waals surface area contributed by atoms with Gasteiger partial charge in [-0.05, 0) is 50.4 Å². The lowest BCUT2D eigenvalue weighted by Gasteiger charge is -2.32. The Balaban J connectivity index is 0.00000200. The highest BCUT2D eigenvalue weighted by atomic mass is 35.5. The maximum Gasteiger partial charge on any atom is 0.227 e. The molecule has 2 N–H and O–H groups in total. The molecule has 5 heteroatoms. The molecule has 0 bridgehead atoms. The smallest absolute Gasteiger partial charge is 0.227 e. The van der Waals surface area contributed by atoms with Crippen LogP contribution < -0.4 is 10.6 Å². The van der Waals surface area contributed by atoms with Crippen LogP contribution in [0.1, 0.15) is 25.3 Å². The minimum Gasteiger partial charge on any atom is -0.355 e. The molecule has 0 saturated carbocycles. The standard InChI is InChI=1S/C15H21ClN2O.ClH/c1-15(8-2-9-17-11-15)14(19)18-10-7-12-3-5-13(16)6-4-12;/h3-6,17H,2,7-11H2,1H3,(H,18,19);1H. The van der Waals surface area contributed by atoms with Gasteiger partial charge in [-0.25, -0.2) is 0 Å². The summed E-state index contributed by atoms with van der Waals surface area (Å²) in [6, 6.07) is 7.76. The molecule has 20 heavy (non-hydrogen) atoms. The predicted octanol–water partition coefficient (Wildman–Crippen LogP) is 2.81. The van der Waals surface area contributed by atoms with Crippen molar-refractivity contribution in [2.45, 2.75) is 26.2 Å². The van der Waals surface area contributed by atoms with Gasteiger partial charge in [-0.2, -0.15) is 0 Å². The fourth-order valence-electron chi connectivity index (χ4n) is 2.43. The zero-order chi connectivity index (χ0) is 13.7. The van der Waals surface area contributed by atoms with E-state index in [4.69, 9.17) is 11.6 Å². The number of hydrogen-bond acceptors (Lipinski definition) is 2. The Labute approximate surface area is 131 Å². The zero-order valence-electron chi connectivity index (χ0n) is 11.7. The first-order valence-electron chi connectivity index (χ1n) is 6.84. The minimum atomic E-state index is -0.252. The number of carbonyl (C=O) groups is 1. The van der Waals surface area contributed by atoms with Crippen LogP contribution in [0.15, 0.2) is 24.3 Å². The van der Waals surface area contributed by atoms with Gasteiger partial charge in [0.05, 0.1) is 5.41 Å². The van der Waals surface area contributed by atoms with Gasteiger partial charge in [0.2, 0.25) is 5.91 Å². The highest BCUT2D eigenvalue weighted by Crippen LogP contribution is 2.25. The number of halogens is 2. The molecule has 1 aliphatic heterocycles. The van der Waals surface area contributed by atoms with E-state index in [0.29, 0.717) is 6.54 Å². The van der Waals surface area contributed by atoms with Gasteiger partial charge in [-0.1, -0.05) is 23.7 Å². The maximum absolute atomic E-state index is 12.2. The molecule has 1 amide bonds. The summed E-state index contributed by atoms with van der Waals surface area (Å²) in [6.07, 6.45) is 2.88. The van der Waals surface area contributed by atoms with Crippen LogP contribution in [-0.2, 0) is 11.2 Å². The number of amides is 1. The van der Waals surface area contributed by atoms with Crippen molar-refractivity contribution in [2.24, 2.45) is 5.41 Å². The third kappa shape index (κ3) is 4.65. The molecule has 1 aromatic rings. The first-order chi connectivity index (χ1) is 9.10. The van der Waals surface area contributed by atoms with Crippen LogP contribution in [0.3, 0.4) is 0 Å². The van der Waals surface area contributed by atoms with Gasteiger partial charge in [-0.15, -0.1) is 12.4 Å². The second-order valence-corrected chi connectivity index (χ2v) is 5.91. The molecule has 1 heterocycles. The van der Waals surface area contributed by atoms with Crippen molar-refractivity contribution in [1.29, 1.82) is 0 Å². The molecule has 0 aliphatic carbocycles. The molecule has 1 saturated heterocycles. The Kier molecular flexibility index (Phi) is 6.80. The molecule has 2 rings (SSSR count). The van der Waals surface area contributed by atoms with Crippen molar-refractivity contribution >= 4 is 29.9 Å². The summed E-state index contributed by atoms with van der Waals surface area (Å²) >= 11 is 5.84. The third-order valence-electron chi connectivity index (χ3n) is 3.76. The summed E-state index contributed by atoms with van der Waals surface area (Å²) < 4.78 is 0. The lowest BCUT2D eigenvalue weighted by atomic mass is 9.82. The lowest BCUT2D eigenvalue weighted by Crippen LogP contribution is -2.49. The molecule has 0 spiro atoms. The molecule has 112 valence electrons. The van der Waals surface area contributed by atoms with Crippen molar-refractivity contribution < 1.29 is 4.79 Å². The largest absolute Gasteiger partial charge is 0.355 e. The van der Waals surface area contributed by atoms with E-state index in [2.05, 4.69) is 10.6 Å². The number of hydrogen-bond donors (Lipinski definition) is 2. The van der Waals surface area contributed by atoms with Gasteiger partial charge in [0.1, 0.15) is 0 Å². The molecule has 0 aromatic heterocycles. The van der Waals surface area contributed by atoms with Crippen LogP contribution in [0.25, 0.3) is 0 Å². The zero-order valence-corrected chi connectivity index (χ0v) is 13.3. The van der Waals surface area contributed by atoms with Crippen molar-refractivity contribution in [2.75, 3.05) is 19.6 Å². The first-order valence-corrected chi connectivity index (χ1v) is 7.21. The van der Waals surface area contributed by atoms with Gasteiger partial charge in [0.15, 0.2) is 0 Å². The number of rotatable bonds is 4. The average Bonchev–Trinajstić information content (AvgIpc) is 2.42. The first kappa shape index (κ1) is 17.3. The van der Waals surface area contributed by atoms with Crippen molar-refractivity contribution in [3.8, 4) is 0 Å². The quantitative estimate of drug-likeness (QED) is 0.896. The van der Waals surface area contributed by atoms with Crippen molar-refractivity contribution in [1.82, 2.24) is 10.6 Å². The summed E-state index contributed by atoms with van der Waals surface area (Å²) in [4.78, 5) is 12.2. The molecule has 1 aromatic carbocycles. The molecule has 1 aliphatic rings. The van der Waals surface area contributed by atoms with E-state index in [1.807, 2.05) is 31.2 Å². The van der Waals surface area contributed by atoms with Crippen LogP contribution in [0.2, 0.25) is 5.02 Å². The van der Waals surface area contributed by atoms with Gasteiger partial charge in [0.25, 0.3) is 0 Å². The molecular formula is C15H22Cl2N2O. The van der Waals surface area contributed by atoms with Gasteiger partial charge < -0.3 is 10.6 Å². The Morgan fingerprint density at radius 3 is 2.70 bits per heavy atom. The van der Waals surface area contributed by atoms with Gasteiger partial charge >= 0.3 is 0 Å². The number of nitrogens with one attached hydrogen (secondary N) is 2. The van der Waals surface area contributed by atoms with E-state index >= 15 is 0 Å². The number of piperidine rings is 1. The summed E-state index contributed by atoms with van der Waals surface area (Å²) in [5.74, 6) is 0.161. The monoisotopic (exact) mass is 316 g/mol. The Bertz CT molecular complexity index is 428. The Morgan fingerprint density at radius 2 is 2.10 bits per heavy atom. The van der Waals surface area contributed by atoms with Gasteiger partial charge in [0, 0.05) is 18.1 Å². The second-order valence-electron chi connectivity index (χ2n) is 5.47. The fourth-order valence-corrected chi connectivity index (χ4v) is 2.56. The predicted molar refractivity (Wildman–Crippen MR) is 85.6 cm³/mol. The molecule has 1 unspecified atom stereocenters. The average molecular weight is 317 g/mol. The number of benzene rings is 1. The van der Waals surface area contributed by atoms with E-state index in [1.165, 1.54) is 5.56 Å². The summed E-state index contributed by atoms with van der Waals surface area (Å²) in [5.41, 5.74) is 0.940. The molecule has 1 fully saturated rings. The molecule has 3 nitrogen and oxygen atoms in total. The SMILES string of the molecule is CC1(C(=O)NCCc2ccc(Cl)cc2)CCCNC1.Cl. The molecule has 0 radical (unpaired) electrons. The summed E-state index contributed by atoms with van der Waals surface area (Å²) in [7, 11) is 0. The van der Waals surface area contributed by atoms with E-state index in [-0.39, 0.29) is 23.7 Å². The summed E-state index contributed by atoms with van der Waals surface area (Å²) in [5, 5.41) is 7.08. The van der Waals surface area contributed by atoms with Gasteiger partial charge in [-0.3, -0.25) is 4.79 Å². The van der Waals surface area contributed by atoms with Crippen LogP contribution in [0.4, 0.5) is 0 Å². The van der Waals surface area contributed by atoms with Crippen LogP contribution in [0, 0.1) is 5.41 Å². The molecular weight excluding hydrogens is 295 g/mol. The van der Waals surface area contributed by atoms with Crippen LogP contribution >= 0.6 is 24.0 Å². The Morgan fingerprint density at radius 1 is 1.40 bits per heavy atom. The molecule has 1 atom stereocenters.